The number of halogens is 2. The van der Waals surface area contributed by atoms with Gasteiger partial charge in [0.2, 0.25) is 0 Å². The molecule has 0 fully saturated rings. The molecule has 20 heavy (non-hydrogen) atoms. The van der Waals surface area contributed by atoms with Crippen molar-refractivity contribution in [3.05, 3.63) is 58.6 Å². The standard InChI is InChI=1S/C16H10Cl2N2/c17-11-5-1-3-9-7-13(19-15(9)11)14-8-10-4-2-6-12(18)16(10)20-14/h1-8,19-20H. The van der Waals surface area contributed by atoms with Crippen LogP contribution in [0.5, 0.6) is 0 Å². The summed E-state index contributed by atoms with van der Waals surface area (Å²) >= 11 is 12.4. The van der Waals surface area contributed by atoms with Crippen molar-refractivity contribution in [3.8, 4) is 11.4 Å². The Balaban J connectivity index is 1.96. The van der Waals surface area contributed by atoms with Crippen molar-refractivity contribution in [1.82, 2.24) is 9.97 Å². The molecule has 2 nitrogen and oxygen atoms in total. The number of hydrogen-bond donors (Lipinski definition) is 2. The Labute approximate surface area is 125 Å². The van der Waals surface area contributed by atoms with E-state index in [2.05, 4.69) is 22.1 Å². The average Bonchev–Trinajstić information content (AvgIpc) is 3.03. The van der Waals surface area contributed by atoms with Crippen molar-refractivity contribution < 1.29 is 0 Å². The summed E-state index contributed by atoms with van der Waals surface area (Å²) < 4.78 is 0. The lowest BCUT2D eigenvalue weighted by Crippen LogP contribution is -1.76. The first-order valence-corrected chi connectivity index (χ1v) is 7.03. The molecule has 0 spiro atoms. The van der Waals surface area contributed by atoms with Gasteiger partial charge in [0.25, 0.3) is 0 Å². The van der Waals surface area contributed by atoms with Crippen LogP contribution >= 0.6 is 23.2 Å². The van der Waals surface area contributed by atoms with E-state index in [0.717, 1.165) is 43.2 Å². The lowest BCUT2D eigenvalue weighted by atomic mass is 10.2. The molecule has 98 valence electrons. The number of aromatic nitrogens is 2. The Bertz CT molecular complexity index is 856. The highest BCUT2D eigenvalue weighted by molar-refractivity contribution is 6.35. The van der Waals surface area contributed by atoms with Crippen molar-refractivity contribution in [1.29, 1.82) is 0 Å². The molecule has 0 saturated heterocycles. The number of benzene rings is 2. The van der Waals surface area contributed by atoms with Gasteiger partial charge in [-0.05, 0) is 24.3 Å². The number of hydrogen-bond acceptors (Lipinski definition) is 0. The summed E-state index contributed by atoms with van der Waals surface area (Å²) in [6.07, 6.45) is 0. The van der Waals surface area contributed by atoms with Crippen LogP contribution in [0.1, 0.15) is 0 Å². The molecule has 4 heteroatoms. The Hall–Kier alpha value is -1.90. The van der Waals surface area contributed by atoms with Gasteiger partial charge in [-0.25, -0.2) is 0 Å². The van der Waals surface area contributed by atoms with Crippen molar-refractivity contribution in [2.75, 3.05) is 0 Å². The predicted molar refractivity (Wildman–Crippen MR) is 85.6 cm³/mol. The number of H-pyrrole nitrogens is 2. The maximum Gasteiger partial charge on any atom is 0.0648 e. The molecule has 4 aromatic rings. The smallest absolute Gasteiger partial charge is 0.0648 e. The van der Waals surface area contributed by atoms with Crippen molar-refractivity contribution >= 4 is 45.0 Å². The Morgan fingerprint density at radius 2 is 1.10 bits per heavy atom. The zero-order valence-corrected chi connectivity index (χ0v) is 11.9. The number of para-hydroxylation sites is 2. The highest BCUT2D eigenvalue weighted by Gasteiger charge is 2.09. The third-order valence-corrected chi connectivity index (χ3v) is 4.13. The zero-order valence-electron chi connectivity index (χ0n) is 10.4. The third-order valence-electron chi connectivity index (χ3n) is 3.50. The minimum atomic E-state index is 0.725. The third kappa shape index (κ3) is 1.73. The van der Waals surface area contributed by atoms with E-state index in [9.17, 15) is 0 Å². The molecule has 0 radical (unpaired) electrons. The molecule has 0 unspecified atom stereocenters. The maximum absolute atomic E-state index is 6.20. The van der Waals surface area contributed by atoms with Crippen LogP contribution in [0.2, 0.25) is 10.0 Å². The average molecular weight is 301 g/mol. The molecule has 0 saturated carbocycles. The van der Waals surface area contributed by atoms with Crippen molar-refractivity contribution in [2.45, 2.75) is 0 Å². The van der Waals surface area contributed by atoms with E-state index in [4.69, 9.17) is 23.2 Å². The highest BCUT2D eigenvalue weighted by Crippen LogP contribution is 2.31. The van der Waals surface area contributed by atoms with E-state index >= 15 is 0 Å². The summed E-state index contributed by atoms with van der Waals surface area (Å²) in [7, 11) is 0. The van der Waals surface area contributed by atoms with Gasteiger partial charge in [0.05, 0.1) is 32.5 Å². The van der Waals surface area contributed by atoms with Gasteiger partial charge in [-0.3, -0.25) is 0 Å². The molecule has 2 N–H and O–H groups in total. The van der Waals surface area contributed by atoms with Gasteiger partial charge in [0, 0.05) is 10.8 Å². The molecule has 0 bridgehead atoms. The SMILES string of the molecule is Clc1cccc2cc(-c3cc4cccc(Cl)c4[nH]3)[nH]c12. The Morgan fingerprint density at radius 3 is 1.50 bits per heavy atom. The molecule has 4 rings (SSSR count). The van der Waals surface area contributed by atoms with Crippen LogP contribution in [0, 0.1) is 0 Å². The van der Waals surface area contributed by atoms with Gasteiger partial charge in [-0.15, -0.1) is 0 Å². The fourth-order valence-electron chi connectivity index (χ4n) is 2.53. The quantitative estimate of drug-likeness (QED) is 0.457. The maximum atomic E-state index is 6.20. The van der Waals surface area contributed by atoms with Crippen LogP contribution in [0.4, 0.5) is 0 Å². The monoisotopic (exact) mass is 300 g/mol. The summed E-state index contributed by atoms with van der Waals surface area (Å²) in [6.45, 7) is 0. The normalized spacial score (nSPS) is 11.5. The number of aromatic amines is 2. The second-order valence-electron chi connectivity index (χ2n) is 4.77. The molecule has 0 aliphatic carbocycles. The second-order valence-corrected chi connectivity index (χ2v) is 5.59. The van der Waals surface area contributed by atoms with Gasteiger partial charge in [0.1, 0.15) is 0 Å². The molecule has 2 aromatic carbocycles. The summed E-state index contributed by atoms with van der Waals surface area (Å²) in [5, 5.41) is 3.64. The minimum Gasteiger partial charge on any atom is -0.352 e. The summed E-state index contributed by atoms with van der Waals surface area (Å²) in [5.74, 6) is 0. The van der Waals surface area contributed by atoms with E-state index in [-0.39, 0.29) is 0 Å². The molecular formula is C16H10Cl2N2. The van der Waals surface area contributed by atoms with E-state index in [1.54, 1.807) is 0 Å². The first-order chi connectivity index (χ1) is 9.72. The van der Waals surface area contributed by atoms with E-state index in [0.29, 0.717) is 0 Å². The number of fused-ring (bicyclic) bond motifs is 2. The second kappa shape index (κ2) is 4.30. The van der Waals surface area contributed by atoms with Crippen LogP contribution in [0.25, 0.3) is 33.2 Å². The molecule has 2 heterocycles. The van der Waals surface area contributed by atoms with Crippen LogP contribution in [-0.2, 0) is 0 Å². The molecular weight excluding hydrogens is 291 g/mol. The summed E-state index contributed by atoms with van der Waals surface area (Å²) in [5.41, 5.74) is 3.91. The van der Waals surface area contributed by atoms with E-state index in [1.165, 1.54) is 0 Å². The van der Waals surface area contributed by atoms with Gasteiger partial charge in [-0.2, -0.15) is 0 Å². The van der Waals surface area contributed by atoms with E-state index in [1.807, 2.05) is 36.4 Å². The van der Waals surface area contributed by atoms with Gasteiger partial charge < -0.3 is 9.97 Å². The molecule has 0 atom stereocenters. The zero-order chi connectivity index (χ0) is 13.7. The van der Waals surface area contributed by atoms with Crippen LogP contribution in [0.15, 0.2) is 48.5 Å². The van der Waals surface area contributed by atoms with Crippen LogP contribution in [0.3, 0.4) is 0 Å². The molecule has 0 aliphatic heterocycles. The van der Waals surface area contributed by atoms with E-state index < -0.39 is 0 Å². The van der Waals surface area contributed by atoms with Crippen LogP contribution < -0.4 is 0 Å². The summed E-state index contributed by atoms with van der Waals surface area (Å²) in [4.78, 5) is 6.71. The predicted octanol–water partition coefficient (Wildman–Crippen LogP) is 5.62. The lowest BCUT2D eigenvalue weighted by molar-refractivity contribution is 1.38. The minimum absolute atomic E-state index is 0.725. The Morgan fingerprint density at radius 1 is 0.650 bits per heavy atom. The largest absolute Gasteiger partial charge is 0.352 e. The van der Waals surface area contributed by atoms with Crippen molar-refractivity contribution in [2.24, 2.45) is 0 Å². The Kier molecular flexibility index (Phi) is 2.56. The lowest BCUT2D eigenvalue weighted by Gasteiger charge is -1.93. The highest BCUT2D eigenvalue weighted by atomic mass is 35.5. The molecule has 0 amide bonds. The summed E-state index contributed by atoms with van der Waals surface area (Å²) in [6, 6.07) is 15.9. The van der Waals surface area contributed by atoms with Crippen LogP contribution in [-0.4, -0.2) is 9.97 Å². The topological polar surface area (TPSA) is 31.6 Å². The van der Waals surface area contributed by atoms with Gasteiger partial charge in [-0.1, -0.05) is 47.5 Å². The fourth-order valence-corrected chi connectivity index (χ4v) is 2.99. The molecule has 0 aliphatic rings. The number of rotatable bonds is 1. The van der Waals surface area contributed by atoms with Gasteiger partial charge >= 0.3 is 0 Å². The number of nitrogens with one attached hydrogen (secondary N) is 2. The first-order valence-electron chi connectivity index (χ1n) is 6.27. The van der Waals surface area contributed by atoms with Gasteiger partial charge in [0.15, 0.2) is 0 Å². The van der Waals surface area contributed by atoms with Crippen molar-refractivity contribution in [3.63, 3.8) is 0 Å². The molecule has 2 aromatic heterocycles. The fraction of sp³-hybridized carbons (Fsp3) is 0. The first kappa shape index (κ1) is 11.9.